The summed E-state index contributed by atoms with van der Waals surface area (Å²) in [4.78, 5) is 14.8. The van der Waals surface area contributed by atoms with Gasteiger partial charge >= 0.3 is 0 Å². The molecule has 0 N–H and O–H groups in total. The third-order valence-electron chi connectivity index (χ3n) is 11.1. The molecule has 0 amide bonds. The van der Waals surface area contributed by atoms with E-state index >= 15 is 0 Å². The molecule has 0 fully saturated rings. The number of furan rings is 1. The van der Waals surface area contributed by atoms with E-state index in [0.717, 1.165) is 55.4 Å². The predicted molar refractivity (Wildman–Crippen MR) is 236 cm³/mol. The number of benzene rings is 8. The van der Waals surface area contributed by atoms with Crippen molar-refractivity contribution < 1.29 is 4.42 Å². The fourth-order valence-corrected chi connectivity index (χ4v) is 9.63. The van der Waals surface area contributed by atoms with Crippen LogP contribution in [0.3, 0.4) is 0 Å². The number of hydrogen-bond acceptors (Lipinski definition) is 5. The SMILES string of the molecule is c1ccc(-c2nc(-c3ccccc3)nc(-c3ccc4c(c3)oc3c(-c5cccc6sc7cc(-n8c9ccccc9c9ccccc98)ccc7c56)cccc34)n2)cc1. The minimum atomic E-state index is 0.597. The molecule has 12 rings (SSSR count). The first-order valence-electron chi connectivity index (χ1n) is 19.0. The second-order valence-corrected chi connectivity index (χ2v) is 15.4. The van der Waals surface area contributed by atoms with Crippen LogP contribution in [-0.4, -0.2) is 19.5 Å². The zero-order chi connectivity index (χ0) is 37.5. The van der Waals surface area contributed by atoms with E-state index in [4.69, 9.17) is 19.4 Å². The minimum absolute atomic E-state index is 0.597. The zero-order valence-electron chi connectivity index (χ0n) is 30.4. The summed E-state index contributed by atoms with van der Waals surface area (Å²) in [6.07, 6.45) is 0. The topological polar surface area (TPSA) is 56.7 Å². The van der Waals surface area contributed by atoms with Gasteiger partial charge in [0.25, 0.3) is 0 Å². The summed E-state index contributed by atoms with van der Waals surface area (Å²) in [5, 5.41) is 7.13. The molecule has 12 aromatic rings. The molecule has 5 nitrogen and oxygen atoms in total. The van der Waals surface area contributed by atoms with Crippen molar-refractivity contribution in [1.29, 1.82) is 0 Å². The van der Waals surface area contributed by atoms with E-state index in [1.165, 1.54) is 42.0 Å². The Labute approximate surface area is 330 Å². The zero-order valence-corrected chi connectivity index (χ0v) is 31.2. The Morgan fingerprint density at radius 3 is 1.68 bits per heavy atom. The Kier molecular flexibility index (Phi) is 7.03. The van der Waals surface area contributed by atoms with E-state index in [0.29, 0.717) is 17.5 Å². The monoisotopic (exact) mass is 746 g/mol. The highest BCUT2D eigenvalue weighted by molar-refractivity contribution is 7.26. The van der Waals surface area contributed by atoms with Crippen molar-refractivity contribution in [3.8, 4) is 51.0 Å². The smallest absolute Gasteiger partial charge is 0.164 e. The van der Waals surface area contributed by atoms with E-state index in [9.17, 15) is 0 Å². The Morgan fingerprint density at radius 2 is 0.982 bits per heavy atom. The Hall–Kier alpha value is -7.41. The minimum Gasteiger partial charge on any atom is -0.455 e. The second-order valence-electron chi connectivity index (χ2n) is 14.4. The molecule has 6 heteroatoms. The number of para-hydroxylation sites is 3. The lowest BCUT2D eigenvalue weighted by molar-refractivity contribution is 0.670. The maximum Gasteiger partial charge on any atom is 0.164 e. The molecule has 0 aliphatic rings. The first-order chi connectivity index (χ1) is 28.2. The van der Waals surface area contributed by atoms with Crippen LogP contribution in [-0.2, 0) is 0 Å². The molecule has 8 aromatic carbocycles. The number of nitrogens with zero attached hydrogens (tertiary/aromatic N) is 4. The fourth-order valence-electron chi connectivity index (χ4n) is 8.47. The van der Waals surface area contributed by atoms with Crippen LogP contribution in [0.1, 0.15) is 0 Å². The highest BCUT2D eigenvalue weighted by Gasteiger charge is 2.20. The summed E-state index contributed by atoms with van der Waals surface area (Å²) in [5.74, 6) is 1.86. The molecule has 0 aliphatic carbocycles. The van der Waals surface area contributed by atoms with Gasteiger partial charge in [-0.25, -0.2) is 15.0 Å². The number of aromatic nitrogens is 4. The third kappa shape index (κ3) is 5.04. The molecule has 0 bridgehead atoms. The van der Waals surface area contributed by atoms with Crippen molar-refractivity contribution >= 4 is 75.3 Å². The van der Waals surface area contributed by atoms with Crippen LogP contribution in [0.25, 0.3) is 115 Å². The van der Waals surface area contributed by atoms with Gasteiger partial charge in [-0.1, -0.05) is 140 Å². The van der Waals surface area contributed by atoms with Crippen LogP contribution in [0.5, 0.6) is 0 Å². The van der Waals surface area contributed by atoms with E-state index < -0.39 is 0 Å². The van der Waals surface area contributed by atoms with Gasteiger partial charge in [0, 0.05) is 69.7 Å². The average Bonchev–Trinajstić information content (AvgIpc) is 3.96. The molecule has 0 spiro atoms. The van der Waals surface area contributed by atoms with Crippen molar-refractivity contribution in [2.75, 3.05) is 0 Å². The summed E-state index contributed by atoms with van der Waals surface area (Å²) >= 11 is 1.84. The fraction of sp³-hybridized carbons (Fsp3) is 0. The summed E-state index contributed by atoms with van der Waals surface area (Å²) in [5.41, 5.74) is 10.2. The van der Waals surface area contributed by atoms with Gasteiger partial charge in [-0.2, -0.15) is 0 Å². The van der Waals surface area contributed by atoms with Crippen LogP contribution in [0, 0.1) is 0 Å². The van der Waals surface area contributed by atoms with Gasteiger partial charge in [0.2, 0.25) is 0 Å². The van der Waals surface area contributed by atoms with Crippen molar-refractivity contribution in [1.82, 2.24) is 19.5 Å². The summed E-state index contributed by atoms with van der Waals surface area (Å²) in [6.45, 7) is 0. The lowest BCUT2D eigenvalue weighted by Crippen LogP contribution is -2.00. The van der Waals surface area contributed by atoms with Crippen LogP contribution < -0.4 is 0 Å². The molecule has 0 saturated heterocycles. The van der Waals surface area contributed by atoms with E-state index in [1.54, 1.807) is 0 Å². The molecule has 0 radical (unpaired) electrons. The van der Waals surface area contributed by atoms with Gasteiger partial charge in [0.15, 0.2) is 17.5 Å². The molecule has 0 aliphatic heterocycles. The maximum atomic E-state index is 6.85. The molecule has 0 saturated carbocycles. The van der Waals surface area contributed by atoms with Gasteiger partial charge in [-0.3, -0.25) is 0 Å². The highest BCUT2D eigenvalue weighted by atomic mass is 32.1. The Bertz CT molecular complexity index is 3420. The van der Waals surface area contributed by atoms with Gasteiger partial charge in [0.05, 0.1) is 11.0 Å². The molecule has 0 atom stereocenters. The van der Waals surface area contributed by atoms with Gasteiger partial charge in [0.1, 0.15) is 11.2 Å². The number of fused-ring (bicyclic) bond motifs is 9. The third-order valence-corrected chi connectivity index (χ3v) is 12.2. The first kappa shape index (κ1) is 31.9. The van der Waals surface area contributed by atoms with Gasteiger partial charge in [-0.15, -0.1) is 11.3 Å². The van der Waals surface area contributed by atoms with Gasteiger partial charge < -0.3 is 8.98 Å². The normalized spacial score (nSPS) is 11.9. The molecule has 4 heterocycles. The lowest BCUT2D eigenvalue weighted by Gasteiger charge is -2.09. The molecule has 57 heavy (non-hydrogen) atoms. The quantitative estimate of drug-likeness (QED) is 0.176. The summed E-state index contributed by atoms with van der Waals surface area (Å²) in [6, 6.07) is 63.8. The first-order valence-corrected chi connectivity index (χ1v) is 19.8. The molecule has 4 aromatic heterocycles. The molecule has 266 valence electrons. The van der Waals surface area contributed by atoms with Crippen LogP contribution >= 0.6 is 11.3 Å². The largest absolute Gasteiger partial charge is 0.455 e. The predicted octanol–water partition coefficient (Wildman–Crippen LogP) is 13.9. The Morgan fingerprint density at radius 1 is 0.404 bits per heavy atom. The summed E-state index contributed by atoms with van der Waals surface area (Å²) in [7, 11) is 0. The van der Waals surface area contributed by atoms with Crippen molar-refractivity contribution in [2.24, 2.45) is 0 Å². The lowest BCUT2D eigenvalue weighted by atomic mass is 9.97. The van der Waals surface area contributed by atoms with Crippen LogP contribution in [0.2, 0.25) is 0 Å². The van der Waals surface area contributed by atoms with E-state index in [1.807, 2.05) is 72.0 Å². The van der Waals surface area contributed by atoms with Crippen LogP contribution in [0.4, 0.5) is 0 Å². The molecule has 0 unspecified atom stereocenters. The second kappa shape index (κ2) is 12.6. The van der Waals surface area contributed by atoms with E-state index in [2.05, 4.69) is 126 Å². The van der Waals surface area contributed by atoms with Gasteiger partial charge in [-0.05, 0) is 48.0 Å². The average molecular weight is 747 g/mol. The van der Waals surface area contributed by atoms with E-state index in [-0.39, 0.29) is 0 Å². The van der Waals surface area contributed by atoms with Crippen molar-refractivity contribution in [3.05, 3.63) is 182 Å². The van der Waals surface area contributed by atoms with Crippen LogP contribution in [0.15, 0.2) is 186 Å². The maximum absolute atomic E-state index is 6.85. The van der Waals surface area contributed by atoms with Crippen molar-refractivity contribution in [2.45, 2.75) is 0 Å². The highest BCUT2D eigenvalue weighted by Crippen LogP contribution is 2.45. The number of thiophene rings is 1. The summed E-state index contributed by atoms with van der Waals surface area (Å²) < 4.78 is 11.7. The number of rotatable bonds is 5. The molecular formula is C51H30N4OS. The number of hydrogen-bond donors (Lipinski definition) is 0. The molecular weight excluding hydrogens is 717 g/mol. The standard InChI is InChI=1S/C51H30N4OS/c1-3-13-31(14-4-1)49-52-50(32-15-5-2-6-16-32)54-51(53-49)33-25-27-37-39-20-11-21-40(48(39)56-44(37)29-33)38-19-12-24-45-47(38)41-28-26-34(30-46(41)57-45)55-42-22-9-7-17-35(42)36-18-8-10-23-43(36)55/h1-30H. The Balaban J connectivity index is 0.999. The van der Waals surface area contributed by atoms with Crippen molar-refractivity contribution in [3.63, 3.8) is 0 Å².